The maximum atomic E-state index is 10.8. The number of rotatable bonds is 5. The molecule has 0 heterocycles. The highest BCUT2D eigenvalue weighted by atomic mass is 79.9. The van der Waals surface area contributed by atoms with Crippen LogP contribution in [0.25, 0.3) is 0 Å². The molecule has 0 atom stereocenters. The van der Waals surface area contributed by atoms with Crippen molar-refractivity contribution in [2.45, 2.75) is 46.1 Å². The number of nitrogens with one attached hydrogen (secondary N) is 1. The van der Waals surface area contributed by atoms with Gasteiger partial charge in [-0.1, -0.05) is 13.8 Å². The van der Waals surface area contributed by atoms with Crippen LogP contribution in [0.3, 0.4) is 0 Å². The highest BCUT2D eigenvalue weighted by molar-refractivity contribution is 9.10. The average molecular weight is 315 g/mol. The second-order valence-corrected chi connectivity index (χ2v) is 5.62. The standard InChI is InChI=1S/C13H19BrN2O2/c1-5-13(4,6-2)15-11-7-9(3)12(16(17)18)8-10(11)14/h7-8,15H,5-6H2,1-4H3. The van der Waals surface area contributed by atoms with E-state index in [1.165, 1.54) is 0 Å². The monoisotopic (exact) mass is 314 g/mol. The minimum absolute atomic E-state index is 0.00505. The quantitative estimate of drug-likeness (QED) is 0.635. The number of nitro benzene ring substituents is 1. The van der Waals surface area contributed by atoms with Crippen molar-refractivity contribution >= 4 is 27.3 Å². The third kappa shape index (κ3) is 3.22. The number of benzene rings is 1. The summed E-state index contributed by atoms with van der Waals surface area (Å²) in [5.41, 5.74) is 1.72. The van der Waals surface area contributed by atoms with Gasteiger partial charge >= 0.3 is 0 Å². The predicted molar refractivity (Wildman–Crippen MR) is 78.1 cm³/mol. The lowest BCUT2D eigenvalue weighted by molar-refractivity contribution is -0.385. The van der Waals surface area contributed by atoms with Crippen molar-refractivity contribution in [3.8, 4) is 0 Å². The summed E-state index contributed by atoms with van der Waals surface area (Å²) in [6, 6.07) is 3.38. The fourth-order valence-corrected chi connectivity index (χ4v) is 2.15. The average Bonchev–Trinajstić information content (AvgIpc) is 2.32. The molecule has 0 bridgehead atoms. The van der Waals surface area contributed by atoms with Gasteiger partial charge in [0.05, 0.1) is 4.92 Å². The minimum Gasteiger partial charge on any atom is -0.379 e. The van der Waals surface area contributed by atoms with Gasteiger partial charge in [0, 0.05) is 27.3 Å². The summed E-state index contributed by atoms with van der Waals surface area (Å²) < 4.78 is 0.730. The molecule has 1 rings (SSSR count). The molecule has 0 saturated heterocycles. The molecule has 0 fully saturated rings. The summed E-state index contributed by atoms with van der Waals surface area (Å²) in [5.74, 6) is 0. The van der Waals surface area contributed by atoms with Crippen LogP contribution in [-0.4, -0.2) is 10.5 Å². The summed E-state index contributed by atoms with van der Waals surface area (Å²) >= 11 is 3.39. The summed E-state index contributed by atoms with van der Waals surface area (Å²) in [6.45, 7) is 8.16. The van der Waals surface area contributed by atoms with Crippen molar-refractivity contribution in [1.29, 1.82) is 0 Å². The molecule has 100 valence electrons. The van der Waals surface area contributed by atoms with Crippen LogP contribution in [0.15, 0.2) is 16.6 Å². The molecule has 4 nitrogen and oxygen atoms in total. The Morgan fingerprint density at radius 2 is 1.94 bits per heavy atom. The maximum Gasteiger partial charge on any atom is 0.273 e. The van der Waals surface area contributed by atoms with Gasteiger partial charge in [0.25, 0.3) is 5.69 Å². The Bertz CT molecular complexity index is 457. The Hall–Kier alpha value is -1.10. The molecule has 0 radical (unpaired) electrons. The number of hydrogen-bond acceptors (Lipinski definition) is 3. The van der Waals surface area contributed by atoms with Crippen LogP contribution in [0.2, 0.25) is 0 Å². The molecule has 0 aliphatic carbocycles. The van der Waals surface area contributed by atoms with Crippen LogP contribution >= 0.6 is 15.9 Å². The number of halogens is 1. The van der Waals surface area contributed by atoms with Gasteiger partial charge in [0.2, 0.25) is 0 Å². The van der Waals surface area contributed by atoms with E-state index in [2.05, 4.69) is 42.0 Å². The van der Waals surface area contributed by atoms with E-state index in [1.54, 1.807) is 13.0 Å². The van der Waals surface area contributed by atoms with Crippen molar-refractivity contribution in [1.82, 2.24) is 0 Å². The van der Waals surface area contributed by atoms with Gasteiger partial charge in [-0.05, 0) is 48.7 Å². The van der Waals surface area contributed by atoms with Crippen molar-refractivity contribution in [2.24, 2.45) is 0 Å². The van der Waals surface area contributed by atoms with Gasteiger partial charge < -0.3 is 5.32 Å². The first kappa shape index (κ1) is 15.0. The molecular weight excluding hydrogens is 296 g/mol. The Morgan fingerprint density at radius 1 is 1.39 bits per heavy atom. The molecule has 1 aromatic carbocycles. The molecule has 18 heavy (non-hydrogen) atoms. The third-order valence-corrected chi connectivity index (χ3v) is 4.14. The van der Waals surface area contributed by atoms with E-state index >= 15 is 0 Å². The molecule has 1 aromatic rings. The van der Waals surface area contributed by atoms with Crippen LogP contribution in [0.4, 0.5) is 11.4 Å². The van der Waals surface area contributed by atoms with Crippen molar-refractivity contribution < 1.29 is 4.92 Å². The van der Waals surface area contributed by atoms with Crippen molar-refractivity contribution in [3.05, 3.63) is 32.3 Å². The summed E-state index contributed by atoms with van der Waals surface area (Å²) in [5, 5.41) is 14.3. The normalized spacial score (nSPS) is 11.4. The number of aryl methyl sites for hydroxylation is 1. The zero-order valence-corrected chi connectivity index (χ0v) is 12.8. The van der Waals surface area contributed by atoms with Crippen LogP contribution < -0.4 is 5.32 Å². The minimum atomic E-state index is -0.358. The Kier molecular flexibility index (Phi) is 4.73. The Labute approximate surface area is 116 Å². The van der Waals surface area contributed by atoms with Gasteiger partial charge in [-0.3, -0.25) is 10.1 Å². The summed E-state index contributed by atoms with van der Waals surface area (Å²) in [6.07, 6.45) is 1.98. The van der Waals surface area contributed by atoms with E-state index in [0.717, 1.165) is 23.0 Å². The largest absolute Gasteiger partial charge is 0.379 e. The molecule has 0 aromatic heterocycles. The fraction of sp³-hybridized carbons (Fsp3) is 0.538. The lowest BCUT2D eigenvalue weighted by Crippen LogP contribution is -2.33. The van der Waals surface area contributed by atoms with Gasteiger partial charge in [0.1, 0.15) is 0 Å². The van der Waals surface area contributed by atoms with Crippen LogP contribution in [0, 0.1) is 17.0 Å². The maximum absolute atomic E-state index is 10.8. The number of hydrogen-bond donors (Lipinski definition) is 1. The summed E-state index contributed by atoms with van der Waals surface area (Å²) in [4.78, 5) is 10.5. The molecule has 0 saturated carbocycles. The lowest BCUT2D eigenvalue weighted by atomic mass is 9.95. The Morgan fingerprint density at radius 3 is 2.39 bits per heavy atom. The molecule has 0 aliphatic heterocycles. The van der Waals surface area contributed by atoms with Crippen LogP contribution in [0.1, 0.15) is 39.2 Å². The first-order valence-corrected chi connectivity index (χ1v) is 6.85. The van der Waals surface area contributed by atoms with Crippen molar-refractivity contribution in [3.63, 3.8) is 0 Å². The van der Waals surface area contributed by atoms with Gasteiger partial charge in [-0.2, -0.15) is 0 Å². The van der Waals surface area contributed by atoms with Gasteiger partial charge in [0.15, 0.2) is 0 Å². The molecule has 5 heteroatoms. The Balaban J connectivity index is 3.12. The van der Waals surface area contributed by atoms with E-state index in [0.29, 0.717) is 5.56 Å². The van der Waals surface area contributed by atoms with E-state index in [1.807, 2.05) is 6.07 Å². The number of anilines is 1. The highest BCUT2D eigenvalue weighted by Crippen LogP contribution is 2.33. The van der Waals surface area contributed by atoms with Crippen LogP contribution in [0.5, 0.6) is 0 Å². The second kappa shape index (κ2) is 5.69. The first-order valence-electron chi connectivity index (χ1n) is 6.05. The second-order valence-electron chi connectivity index (χ2n) is 4.77. The molecule has 0 amide bonds. The number of nitro groups is 1. The van der Waals surface area contributed by atoms with E-state index in [4.69, 9.17) is 0 Å². The van der Waals surface area contributed by atoms with Crippen LogP contribution in [-0.2, 0) is 0 Å². The SMILES string of the molecule is CCC(C)(CC)Nc1cc(C)c([N+](=O)[O-])cc1Br. The molecule has 0 aliphatic rings. The molecular formula is C13H19BrN2O2. The number of nitrogens with zero attached hydrogens (tertiary/aromatic N) is 1. The highest BCUT2D eigenvalue weighted by Gasteiger charge is 2.22. The van der Waals surface area contributed by atoms with Gasteiger partial charge in [-0.25, -0.2) is 0 Å². The summed E-state index contributed by atoms with van der Waals surface area (Å²) in [7, 11) is 0. The molecule has 0 spiro atoms. The zero-order valence-electron chi connectivity index (χ0n) is 11.2. The third-order valence-electron chi connectivity index (χ3n) is 3.48. The predicted octanol–water partition coefficient (Wildman–Crippen LogP) is 4.66. The van der Waals surface area contributed by atoms with Crippen molar-refractivity contribution in [2.75, 3.05) is 5.32 Å². The molecule has 0 unspecified atom stereocenters. The fourth-order valence-electron chi connectivity index (χ4n) is 1.72. The van der Waals surface area contributed by atoms with Gasteiger partial charge in [-0.15, -0.1) is 0 Å². The van der Waals surface area contributed by atoms with E-state index < -0.39 is 0 Å². The zero-order chi connectivity index (χ0) is 13.9. The van der Waals surface area contributed by atoms with E-state index in [-0.39, 0.29) is 16.1 Å². The van der Waals surface area contributed by atoms with E-state index in [9.17, 15) is 10.1 Å². The molecule has 1 N–H and O–H groups in total. The lowest BCUT2D eigenvalue weighted by Gasteiger charge is -2.30. The topological polar surface area (TPSA) is 55.2 Å². The smallest absolute Gasteiger partial charge is 0.273 e. The first-order chi connectivity index (χ1) is 8.33.